The largest absolute Gasteiger partial charge is 0.317 e. The summed E-state index contributed by atoms with van der Waals surface area (Å²) in [6, 6.07) is 0.706. The lowest BCUT2D eigenvalue weighted by Crippen LogP contribution is -2.40. The maximum atomic E-state index is 4.06. The van der Waals surface area contributed by atoms with Gasteiger partial charge in [-0.1, -0.05) is 4.49 Å². The fourth-order valence-electron chi connectivity index (χ4n) is 1.88. The average molecular weight is 249 g/mol. The second kappa shape index (κ2) is 6.37. The second-order valence-corrected chi connectivity index (χ2v) is 4.40. The van der Waals surface area contributed by atoms with E-state index in [9.17, 15) is 0 Å². The van der Waals surface area contributed by atoms with Crippen molar-refractivity contribution in [3.05, 3.63) is 11.1 Å². The predicted octanol–water partition coefficient (Wildman–Crippen LogP) is 1.14. The van der Waals surface area contributed by atoms with Gasteiger partial charge in [-0.05, 0) is 44.5 Å². The highest BCUT2D eigenvalue weighted by Crippen LogP contribution is 2.12. The first kappa shape index (κ1) is 12.8. The van der Waals surface area contributed by atoms with Gasteiger partial charge in [-0.3, -0.25) is 4.90 Å². The van der Waals surface area contributed by atoms with Crippen LogP contribution in [-0.4, -0.2) is 40.7 Å². The van der Waals surface area contributed by atoms with E-state index in [1.54, 1.807) is 0 Å². The normalized spacial score (nSPS) is 17.7. The number of hydrogen-bond acceptors (Lipinski definition) is 5. The first-order valence-corrected chi connectivity index (χ1v) is 5.87. The Balaban J connectivity index is 0.00000112. The van der Waals surface area contributed by atoms with Gasteiger partial charge in [0, 0.05) is 18.0 Å². The molecule has 86 valence electrons. The quantitative estimate of drug-likeness (QED) is 0.871. The molecule has 2 heterocycles. The summed E-state index contributed by atoms with van der Waals surface area (Å²) in [7, 11) is 2.18. The number of halogens is 1. The summed E-state index contributed by atoms with van der Waals surface area (Å²) in [4.78, 5) is 2.39. The summed E-state index contributed by atoms with van der Waals surface area (Å²) in [6.07, 6.45) is 2.49. The molecule has 0 aliphatic carbocycles. The topological polar surface area (TPSA) is 41.1 Å². The molecule has 1 aromatic rings. The first-order chi connectivity index (χ1) is 6.86. The lowest BCUT2D eigenvalue weighted by Gasteiger charge is -2.30. The van der Waals surface area contributed by atoms with E-state index < -0.39 is 0 Å². The van der Waals surface area contributed by atoms with Gasteiger partial charge in [-0.2, -0.15) is 0 Å². The van der Waals surface area contributed by atoms with E-state index in [1.807, 2.05) is 5.38 Å². The lowest BCUT2D eigenvalue weighted by molar-refractivity contribution is 0.190. The molecule has 0 radical (unpaired) electrons. The highest BCUT2D eigenvalue weighted by Gasteiger charge is 2.18. The molecule has 1 aliphatic rings. The van der Waals surface area contributed by atoms with Crippen LogP contribution in [0.4, 0.5) is 0 Å². The van der Waals surface area contributed by atoms with Crippen molar-refractivity contribution in [3.8, 4) is 0 Å². The molecule has 1 aromatic heterocycles. The van der Waals surface area contributed by atoms with E-state index in [-0.39, 0.29) is 12.4 Å². The van der Waals surface area contributed by atoms with Gasteiger partial charge >= 0.3 is 0 Å². The Labute approximate surface area is 101 Å². The Morgan fingerprint density at radius 1 is 1.53 bits per heavy atom. The van der Waals surface area contributed by atoms with Crippen LogP contribution in [0.3, 0.4) is 0 Å². The summed E-state index contributed by atoms with van der Waals surface area (Å²) >= 11 is 1.43. The van der Waals surface area contributed by atoms with Gasteiger partial charge in [0.05, 0.1) is 5.69 Å². The van der Waals surface area contributed by atoms with Gasteiger partial charge in [0.1, 0.15) is 0 Å². The van der Waals surface area contributed by atoms with Crippen LogP contribution < -0.4 is 5.32 Å². The molecule has 0 atom stereocenters. The molecule has 4 nitrogen and oxygen atoms in total. The van der Waals surface area contributed by atoms with E-state index in [4.69, 9.17) is 0 Å². The summed E-state index contributed by atoms with van der Waals surface area (Å²) in [6.45, 7) is 3.22. The Hall–Kier alpha value is -0.230. The van der Waals surface area contributed by atoms with Crippen LogP contribution in [0.1, 0.15) is 18.5 Å². The van der Waals surface area contributed by atoms with Gasteiger partial charge < -0.3 is 5.32 Å². The highest BCUT2D eigenvalue weighted by atomic mass is 35.5. The number of rotatable bonds is 3. The lowest BCUT2D eigenvalue weighted by atomic mass is 10.1. The molecule has 15 heavy (non-hydrogen) atoms. The molecule has 1 fully saturated rings. The van der Waals surface area contributed by atoms with E-state index >= 15 is 0 Å². The van der Waals surface area contributed by atoms with Gasteiger partial charge in [-0.25, -0.2) is 0 Å². The van der Waals surface area contributed by atoms with Crippen LogP contribution in [0.5, 0.6) is 0 Å². The average Bonchev–Trinajstić information content (AvgIpc) is 2.72. The van der Waals surface area contributed by atoms with Crippen LogP contribution >= 0.6 is 23.9 Å². The van der Waals surface area contributed by atoms with E-state index in [2.05, 4.69) is 26.9 Å². The second-order valence-electron chi connectivity index (χ2n) is 3.79. The number of nitrogens with one attached hydrogen (secondary N) is 1. The van der Waals surface area contributed by atoms with Crippen molar-refractivity contribution in [2.75, 3.05) is 20.1 Å². The van der Waals surface area contributed by atoms with E-state index in [1.165, 1.54) is 24.4 Å². The SMILES string of the molecule is CN(Cc1csnn1)C1CCNCC1.Cl. The van der Waals surface area contributed by atoms with Gasteiger partial charge in [0.25, 0.3) is 0 Å². The van der Waals surface area contributed by atoms with Crippen molar-refractivity contribution in [3.63, 3.8) is 0 Å². The zero-order chi connectivity index (χ0) is 9.80. The molecule has 0 aromatic carbocycles. The van der Waals surface area contributed by atoms with Crippen LogP contribution in [0, 0.1) is 0 Å². The van der Waals surface area contributed by atoms with Crippen LogP contribution in [0.2, 0.25) is 0 Å². The Morgan fingerprint density at radius 2 is 2.27 bits per heavy atom. The molecular weight excluding hydrogens is 232 g/mol. The third-order valence-corrected chi connectivity index (χ3v) is 3.30. The molecule has 1 aliphatic heterocycles. The molecule has 0 spiro atoms. The Kier molecular flexibility index (Phi) is 5.45. The van der Waals surface area contributed by atoms with Crippen LogP contribution in [-0.2, 0) is 6.54 Å². The summed E-state index contributed by atoms with van der Waals surface area (Å²) in [5, 5.41) is 9.46. The number of hydrogen-bond donors (Lipinski definition) is 1. The zero-order valence-electron chi connectivity index (χ0n) is 8.85. The third-order valence-electron chi connectivity index (χ3n) is 2.75. The molecule has 2 rings (SSSR count). The third kappa shape index (κ3) is 3.68. The number of aromatic nitrogens is 2. The highest BCUT2D eigenvalue weighted by molar-refractivity contribution is 7.03. The van der Waals surface area contributed by atoms with E-state index in [0.29, 0.717) is 6.04 Å². The monoisotopic (exact) mass is 248 g/mol. The molecule has 0 unspecified atom stereocenters. The molecule has 0 amide bonds. The van der Waals surface area contributed by atoms with Crippen molar-refractivity contribution in [2.45, 2.75) is 25.4 Å². The minimum absolute atomic E-state index is 0. The van der Waals surface area contributed by atoms with Crippen LogP contribution in [0.25, 0.3) is 0 Å². The molecular formula is C9H17ClN4S. The maximum Gasteiger partial charge on any atom is 0.0895 e. The maximum absolute atomic E-state index is 4.06. The van der Waals surface area contributed by atoms with Gasteiger partial charge in [0.2, 0.25) is 0 Å². The smallest absolute Gasteiger partial charge is 0.0895 e. The fourth-order valence-corrected chi connectivity index (χ4v) is 2.33. The minimum atomic E-state index is 0. The number of nitrogens with zero attached hydrogens (tertiary/aromatic N) is 3. The van der Waals surface area contributed by atoms with Crippen molar-refractivity contribution in [1.29, 1.82) is 0 Å². The molecule has 1 saturated heterocycles. The van der Waals surface area contributed by atoms with Gasteiger partial charge in [-0.15, -0.1) is 17.5 Å². The van der Waals surface area contributed by atoms with E-state index in [0.717, 1.165) is 25.3 Å². The predicted molar refractivity (Wildman–Crippen MR) is 64.5 cm³/mol. The molecule has 0 bridgehead atoms. The molecule has 1 N–H and O–H groups in total. The summed E-state index contributed by atoms with van der Waals surface area (Å²) in [5.74, 6) is 0. The van der Waals surface area contributed by atoms with Crippen molar-refractivity contribution in [1.82, 2.24) is 19.8 Å². The summed E-state index contributed by atoms with van der Waals surface area (Å²) < 4.78 is 3.87. The molecule has 6 heteroatoms. The zero-order valence-corrected chi connectivity index (χ0v) is 10.5. The van der Waals surface area contributed by atoms with Crippen molar-refractivity contribution in [2.24, 2.45) is 0 Å². The Morgan fingerprint density at radius 3 is 2.87 bits per heavy atom. The summed E-state index contributed by atoms with van der Waals surface area (Å²) in [5.41, 5.74) is 1.09. The molecule has 0 saturated carbocycles. The standard InChI is InChI=1S/C9H16N4S.ClH/c1-13(6-8-7-14-12-11-8)9-2-4-10-5-3-9;/h7,9-10H,2-6H2,1H3;1H. The minimum Gasteiger partial charge on any atom is -0.317 e. The van der Waals surface area contributed by atoms with Crippen molar-refractivity contribution >= 4 is 23.9 Å². The van der Waals surface area contributed by atoms with Gasteiger partial charge in [0.15, 0.2) is 0 Å². The first-order valence-electron chi connectivity index (χ1n) is 5.03. The Bertz CT molecular complexity index is 261. The number of piperidine rings is 1. The fraction of sp³-hybridized carbons (Fsp3) is 0.778. The van der Waals surface area contributed by atoms with Crippen LogP contribution in [0.15, 0.2) is 5.38 Å². The van der Waals surface area contributed by atoms with Crippen molar-refractivity contribution < 1.29 is 0 Å².